The number of hydrogen-bond acceptors (Lipinski definition) is 2. The topological polar surface area (TPSA) is 33.6 Å². The van der Waals surface area contributed by atoms with Crippen molar-refractivity contribution in [1.82, 2.24) is 14.5 Å². The van der Waals surface area contributed by atoms with E-state index in [1.807, 2.05) is 42.1 Å². The Hall–Kier alpha value is -1.94. The van der Waals surface area contributed by atoms with Crippen LogP contribution in [0.15, 0.2) is 42.7 Å². The predicted molar refractivity (Wildman–Crippen MR) is 71.0 cm³/mol. The van der Waals surface area contributed by atoms with E-state index >= 15 is 0 Å². The van der Waals surface area contributed by atoms with Gasteiger partial charge >= 0.3 is 0 Å². The normalized spacial score (nSPS) is 10.9. The summed E-state index contributed by atoms with van der Waals surface area (Å²) in [6.07, 6.45) is 3.75. The number of aryl methyl sites for hydroxylation is 1. The molecule has 1 aromatic carbocycles. The number of aromatic amines is 1. The zero-order valence-electron chi connectivity index (χ0n) is 9.34. The van der Waals surface area contributed by atoms with Crippen molar-refractivity contribution in [3.05, 3.63) is 53.2 Å². The highest BCUT2D eigenvalue weighted by molar-refractivity contribution is 7.71. The lowest BCUT2D eigenvalue weighted by atomic mass is 10.2. The van der Waals surface area contributed by atoms with E-state index in [0.29, 0.717) is 4.77 Å². The van der Waals surface area contributed by atoms with E-state index in [2.05, 4.69) is 22.1 Å². The van der Waals surface area contributed by atoms with E-state index in [1.165, 1.54) is 0 Å². The van der Waals surface area contributed by atoms with Crippen LogP contribution in [0.25, 0.3) is 16.6 Å². The smallest absolute Gasteiger partial charge is 0.181 e. The molecule has 0 spiro atoms. The molecule has 0 radical (unpaired) electrons. The number of para-hydroxylation sites is 1. The van der Waals surface area contributed by atoms with Crippen molar-refractivity contribution >= 4 is 23.1 Å². The lowest BCUT2D eigenvalue weighted by Gasteiger charge is -2.07. The van der Waals surface area contributed by atoms with Gasteiger partial charge in [0.1, 0.15) is 0 Å². The van der Waals surface area contributed by atoms with Gasteiger partial charge in [0.15, 0.2) is 4.77 Å². The maximum absolute atomic E-state index is 5.24. The standard InChI is InChI=1S/C13H11N3S/c1-9-5-6-10-3-2-4-11(12(10)15-9)16-8-7-14-13(16)17/h2-8H,1H3,(H,14,17). The van der Waals surface area contributed by atoms with Crippen molar-refractivity contribution in [3.8, 4) is 5.69 Å². The van der Waals surface area contributed by atoms with Crippen LogP contribution >= 0.6 is 12.2 Å². The van der Waals surface area contributed by atoms with E-state index in [9.17, 15) is 0 Å². The average molecular weight is 241 g/mol. The Labute approximate surface area is 104 Å². The molecule has 0 fully saturated rings. The van der Waals surface area contributed by atoms with E-state index in [4.69, 9.17) is 12.2 Å². The first-order chi connectivity index (χ1) is 8.25. The van der Waals surface area contributed by atoms with Gasteiger partial charge in [0.05, 0.1) is 11.2 Å². The number of imidazole rings is 1. The van der Waals surface area contributed by atoms with E-state index in [-0.39, 0.29) is 0 Å². The third-order valence-electron chi connectivity index (χ3n) is 2.75. The average Bonchev–Trinajstić information content (AvgIpc) is 2.74. The minimum atomic E-state index is 0.681. The predicted octanol–water partition coefficient (Wildman–Crippen LogP) is 3.39. The molecule has 4 heteroatoms. The summed E-state index contributed by atoms with van der Waals surface area (Å²) in [6, 6.07) is 10.2. The van der Waals surface area contributed by atoms with Crippen molar-refractivity contribution < 1.29 is 0 Å². The Morgan fingerprint density at radius 2 is 2.12 bits per heavy atom. The van der Waals surface area contributed by atoms with Gasteiger partial charge in [0.25, 0.3) is 0 Å². The van der Waals surface area contributed by atoms with Crippen LogP contribution in [0, 0.1) is 11.7 Å². The second-order valence-corrected chi connectivity index (χ2v) is 4.32. The zero-order valence-corrected chi connectivity index (χ0v) is 10.2. The molecule has 2 aromatic heterocycles. The molecular formula is C13H11N3S. The summed E-state index contributed by atoms with van der Waals surface area (Å²) >= 11 is 5.24. The molecule has 3 nitrogen and oxygen atoms in total. The largest absolute Gasteiger partial charge is 0.337 e. The fraction of sp³-hybridized carbons (Fsp3) is 0.0769. The molecule has 0 bridgehead atoms. The van der Waals surface area contributed by atoms with Crippen molar-refractivity contribution in [2.24, 2.45) is 0 Å². The molecule has 84 valence electrons. The SMILES string of the molecule is Cc1ccc2cccc(-n3cc[nH]c3=S)c2n1. The van der Waals surface area contributed by atoms with E-state index < -0.39 is 0 Å². The van der Waals surface area contributed by atoms with Gasteiger partial charge in [-0.2, -0.15) is 0 Å². The van der Waals surface area contributed by atoms with Crippen LogP contribution in [0.3, 0.4) is 0 Å². The molecule has 3 rings (SSSR count). The summed E-state index contributed by atoms with van der Waals surface area (Å²) < 4.78 is 2.62. The monoisotopic (exact) mass is 241 g/mol. The summed E-state index contributed by atoms with van der Waals surface area (Å²) in [7, 11) is 0. The van der Waals surface area contributed by atoms with Crippen LogP contribution in [-0.2, 0) is 0 Å². The molecule has 1 N–H and O–H groups in total. The van der Waals surface area contributed by atoms with Crippen LogP contribution in [0.2, 0.25) is 0 Å². The van der Waals surface area contributed by atoms with Gasteiger partial charge in [-0.15, -0.1) is 0 Å². The van der Waals surface area contributed by atoms with Gasteiger partial charge in [0.2, 0.25) is 0 Å². The van der Waals surface area contributed by atoms with Crippen LogP contribution in [0.4, 0.5) is 0 Å². The molecule has 17 heavy (non-hydrogen) atoms. The fourth-order valence-corrected chi connectivity index (χ4v) is 2.16. The molecule has 0 amide bonds. The molecule has 0 aliphatic heterocycles. The van der Waals surface area contributed by atoms with E-state index in [1.54, 1.807) is 0 Å². The Morgan fingerprint density at radius 3 is 2.88 bits per heavy atom. The number of nitrogens with zero attached hydrogens (tertiary/aromatic N) is 2. The van der Waals surface area contributed by atoms with Gasteiger partial charge in [-0.25, -0.2) is 0 Å². The van der Waals surface area contributed by atoms with Gasteiger partial charge in [-0.3, -0.25) is 9.55 Å². The molecule has 0 atom stereocenters. The zero-order chi connectivity index (χ0) is 11.8. The molecule has 0 saturated heterocycles. The molecule has 0 saturated carbocycles. The Morgan fingerprint density at radius 1 is 1.24 bits per heavy atom. The Balaban J connectivity index is 2.41. The first-order valence-electron chi connectivity index (χ1n) is 5.38. The number of fused-ring (bicyclic) bond motifs is 1. The van der Waals surface area contributed by atoms with Crippen LogP contribution in [-0.4, -0.2) is 14.5 Å². The van der Waals surface area contributed by atoms with Crippen LogP contribution in [0.5, 0.6) is 0 Å². The third-order valence-corrected chi connectivity index (χ3v) is 3.06. The maximum Gasteiger partial charge on any atom is 0.181 e. The second-order valence-electron chi connectivity index (χ2n) is 3.94. The molecule has 3 aromatic rings. The van der Waals surface area contributed by atoms with Crippen LogP contribution in [0.1, 0.15) is 5.69 Å². The van der Waals surface area contributed by atoms with Crippen molar-refractivity contribution in [3.63, 3.8) is 0 Å². The Bertz CT molecular complexity index is 740. The maximum atomic E-state index is 5.24. The molecule has 0 unspecified atom stereocenters. The van der Waals surface area contributed by atoms with Crippen molar-refractivity contribution in [2.45, 2.75) is 6.92 Å². The number of rotatable bonds is 1. The Kier molecular flexibility index (Phi) is 2.30. The first kappa shape index (κ1) is 10.2. The fourth-order valence-electron chi connectivity index (χ4n) is 1.93. The summed E-state index contributed by atoms with van der Waals surface area (Å²) in [4.78, 5) is 7.59. The molecular weight excluding hydrogens is 230 g/mol. The molecule has 2 heterocycles. The van der Waals surface area contributed by atoms with Gasteiger partial charge in [0, 0.05) is 23.5 Å². The number of nitrogens with one attached hydrogen (secondary N) is 1. The minimum absolute atomic E-state index is 0.681. The number of H-pyrrole nitrogens is 1. The lowest BCUT2D eigenvalue weighted by Crippen LogP contribution is -1.96. The third kappa shape index (κ3) is 1.66. The highest BCUT2D eigenvalue weighted by Gasteiger charge is 2.05. The minimum Gasteiger partial charge on any atom is -0.337 e. The van der Waals surface area contributed by atoms with Crippen LogP contribution < -0.4 is 0 Å². The summed E-state index contributed by atoms with van der Waals surface area (Å²) in [6.45, 7) is 1.99. The molecule has 0 aliphatic carbocycles. The van der Waals surface area contributed by atoms with Gasteiger partial charge < -0.3 is 4.98 Å². The number of aromatic nitrogens is 3. The first-order valence-corrected chi connectivity index (χ1v) is 5.79. The second kappa shape index (κ2) is 3.82. The van der Waals surface area contributed by atoms with Gasteiger partial charge in [-0.05, 0) is 31.3 Å². The number of hydrogen-bond donors (Lipinski definition) is 1. The number of pyridine rings is 1. The van der Waals surface area contributed by atoms with Gasteiger partial charge in [-0.1, -0.05) is 18.2 Å². The summed E-state index contributed by atoms with van der Waals surface area (Å²) in [5.41, 5.74) is 2.99. The summed E-state index contributed by atoms with van der Waals surface area (Å²) in [5.74, 6) is 0. The molecule has 0 aliphatic rings. The van der Waals surface area contributed by atoms with E-state index in [0.717, 1.165) is 22.3 Å². The lowest BCUT2D eigenvalue weighted by molar-refractivity contribution is 1.03. The van der Waals surface area contributed by atoms with Crippen molar-refractivity contribution in [2.75, 3.05) is 0 Å². The van der Waals surface area contributed by atoms with Crippen molar-refractivity contribution in [1.29, 1.82) is 0 Å². The highest BCUT2D eigenvalue weighted by Crippen LogP contribution is 2.20. The summed E-state index contributed by atoms with van der Waals surface area (Å²) in [5, 5.41) is 1.12. The quantitative estimate of drug-likeness (QED) is 0.662. The highest BCUT2D eigenvalue weighted by atomic mass is 32.1. The number of benzene rings is 1.